The number of methoxy groups -OCH3 is 1. The van der Waals surface area contributed by atoms with Gasteiger partial charge in [0.1, 0.15) is 4.66 Å². The average Bonchev–Trinajstić information content (AvgIpc) is 2.05. The SMILES string of the molecule is COCC(O)CCNS(=O)(=O)CBr. The Hall–Kier alpha value is 0.310. The van der Waals surface area contributed by atoms with Gasteiger partial charge in [0.25, 0.3) is 0 Å². The normalized spacial score (nSPS) is 14.4. The summed E-state index contributed by atoms with van der Waals surface area (Å²) >= 11 is 2.83. The molecule has 0 fully saturated rings. The summed E-state index contributed by atoms with van der Waals surface area (Å²) in [6.45, 7) is 0.439. The molecule has 1 unspecified atom stereocenters. The molecular formula is C6H14BrNO4S. The van der Waals surface area contributed by atoms with Crippen LogP contribution in [0.3, 0.4) is 0 Å². The van der Waals surface area contributed by atoms with Crippen molar-refractivity contribution in [3.8, 4) is 0 Å². The lowest BCUT2D eigenvalue weighted by Crippen LogP contribution is -2.29. The second-order valence-corrected chi connectivity index (χ2v) is 5.63. The Kier molecular flexibility index (Phi) is 6.88. The first kappa shape index (κ1) is 13.3. The molecule has 0 aromatic carbocycles. The zero-order chi connectivity index (χ0) is 10.3. The van der Waals surface area contributed by atoms with Crippen LogP contribution in [0.1, 0.15) is 6.42 Å². The van der Waals surface area contributed by atoms with Gasteiger partial charge in [0.05, 0.1) is 12.7 Å². The third-order valence-corrected chi connectivity index (χ3v) is 4.04. The summed E-state index contributed by atoms with van der Waals surface area (Å²) in [5.74, 6) is 0. The molecule has 0 aromatic rings. The van der Waals surface area contributed by atoms with E-state index in [4.69, 9.17) is 5.11 Å². The standard InChI is InChI=1S/C6H14BrNO4S/c1-12-4-6(9)2-3-8-13(10,11)5-7/h6,8-9H,2-5H2,1H3. The molecule has 80 valence electrons. The average molecular weight is 276 g/mol. The van der Waals surface area contributed by atoms with E-state index in [2.05, 4.69) is 25.4 Å². The van der Waals surface area contributed by atoms with E-state index < -0.39 is 16.1 Å². The summed E-state index contributed by atoms with van der Waals surface area (Å²) < 4.78 is 28.6. The molecule has 0 spiro atoms. The second-order valence-electron chi connectivity index (χ2n) is 2.52. The van der Waals surface area contributed by atoms with Gasteiger partial charge < -0.3 is 9.84 Å². The van der Waals surface area contributed by atoms with Gasteiger partial charge in [0, 0.05) is 13.7 Å². The number of aliphatic hydroxyl groups is 1. The maximum Gasteiger partial charge on any atom is 0.221 e. The first-order valence-electron chi connectivity index (χ1n) is 3.72. The second kappa shape index (κ2) is 6.72. The van der Waals surface area contributed by atoms with Crippen molar-refractivity contribution < 1.29 is 18.3 Å². The van der Waals surface area contributed by atoms with Crippen LogP contribution in [0, 0.1) is 0 Å². The number of nitrogens with one attached hydrogen (secondary N) is 1. The van der Waals surface area contributed by atoms with E-state index in [1.165, 1.54) is 7.11 Å². The van der Waals surface area contributed by atoms with Crippen LogP contribution in [-0.2, 0) is 14.8 Å². The lowest BCUT2D eigenvalue weighted by Gasteiger charge is -2.09. The zero-order valence-electron chi connectivity index (χ0n) is 7.36. The monoisotopic (exact) mass is 275 g/mol. The fourth-order valence-corrected chi connectivity index (χ4v) is 1.69. The number of sulfonamides is 1. The predicted octanol–water partition coefficient (Wildman–Crippen LogP) is -0.344. The van der Waals surface area contributed by atoms with Gasteiger partial charge in [-0.25, -0.2) is 13.1 Å². The number of aliphatic hydroxyl groups excluding tert-OH is 1. The van der Waals surface area contributed by atoms with Crippen LogP contribution in [0.5, 0.6) is 0 Å². The zero-order valence-corrected chi connectivity index (χ0v) is 9.77. The number of alkyl halides is 1. The Bertz CT molecular complexity index is 219. The fourth-order valence-electron chi connectivity index (χ4n) is 0.695. The van der Waals surface area contributed by atoms with Crippen molar-refractivity contribution in [3.05, 3.63) is 0 Å². The van der Waals surface area contributed by atoms with Crippen molar-refractivity contribution in [1.29, 1.82) is 0 Å². The smallest absolute Gasteiger partial charge is 0.221 e. The molecule has 0 heterocycles. The third-order valence-electron chi connectivity index (χ3n) is 1.30. The minimum absolute atomic E-state index is 0.125. The van der Waals surface area contributed by atoms with Gasteiger partial charge in [-0.05, 0) is 6.42 Å². The van der Waals surface area contributed by atoms with Gasteiger partial charge >= 0.3 is 0 Å². The topological polar surface area (TPSA) is 75.6 Å². The van der Waals surface area contributed by atoms with Gasteiger partial charge in [-0.15, -0.1) is 0 Å². The summed E-state index contributed by atoms with van der Waals surface area (Å²) in [7, 11) is -1.74. The van der Waals surface area contributed by atoms with Crippen molar-refractivity contribution in [2.75, 3.05) is 24.9 Å². The molecule has 13 heavy (non-hydrogen) atoms. The van der Waals surface area contributed by atoms with E-state index in [1.807, 2.05) is 0 Å². The Morgan fingerprint density at radius 3 is 2.69 bits per heavy atom. The first-order chi connectivity index (χ1) is 6.02. The number of halogens is 1. The minimum Gasteiger partial charge on any atom is -0.391 e. The summed E-state index contributed by atoms with van der Waals surface area (Å²) in [4.78, 5) is 0. The van der Waals surface area contributed by atoms with Crippen LogP contribution in [0.2, 0.25) is 0 Å². The summed E-state index contributed by atoms with van der Waals surface area (Å²) in [6, 6.07) is 0. The lowest BCUT2D eigenvalue weighted by atomic mass is 10.3. The maximum atomic E-state index is 10.9. The number of hydrogen-bond acceptors (Lipinski definition) is 4. The highest BCUT2D eigenvalue weighted by Gasteiger charge is 2.08. The number of ether oxygens (including phenoxy) is 1. The molecule has 0 saturated carbocycles. The van der Waals surface area contributed by atoms with Crippen LogP contribution in [0.25, 0.3) is 0 Å². The van der Waals surface area contributed by atoms with E-state index in [9.17, 15) is 8.42 Å². The van der Waals surface area contributed by atoms with E-state index in [1.54, 1.807) is 0 Å². The summed E-state index contributed by atoms with van der Waals surface area (Å²) in [5, 5.41) is 9.15. The van der Waals surface area contributed by atoms with Gasteiger partial charge in [-0.1, -0.05) is 15.9 Å². The highest BCUT2D eigenvalue weighted by Crippen LogP contribution is 1.94. The molecule has 2 N–H and O–H groups in total. The van der Waals surface area contributed by atoms with Gasteiger partial charge in [-0.2, -0.15) is 0 Å². The van der Waals surface area contributed by atoms with Crippen molar-refractivity contribution in [2.24, 2.45) is 0 Å². The van der Waals surface area contributed by atoms with Crippen molar-refractivity contribution in [3.63, 3.8) is 0 Å². The quantitative estimate of drug-likeness (QED) is 0.624. The Morgan fingerprint density at radius 2 is 2.23 bits per heavy atom. The van der Waals surface area contributed by atoms with Crippen LogP contribution >= 0.6 is 15.9 Å². The third kappa shape index (κ3) is 7.39. The molecule has 0 aliphatic rings. The first-order valence-corrected chi connectivity index (χ1v) is 6.49. The van der Waals surface area contributed by atoms with Crippen molar-refractivity contribution >= 4 is 26.0 Å². The van der Waals surface area contributed by atoms with Crippen molar-refractivity contribution in [1.82, 2.24) is 4.72 Å². The number of hydrogen-bond donors (Lipinski definition) is 2. The van der Waals surface area contributed by atoms with Crippen LogP contribution < -0.4 is 4.72 Å². The van der Waals surface area contributed by atoms with Crippen LogP contribution in [0.4, 0.5) is 0 Å². The largest absolute Gasteiger partial charge is 0.391 e. The molecule has 0 radical (unpaired) electrons. The summed E-state index contributed by atoms with van der Waals surface area (Å²) in [5.41, 5.74) is 0. The number of rotatable bonds is 7. The molecule has 0 aliphatic heterocycles. The Labute approximate surface area is 86.6 Å². The Balaban J connectivity index is 3.56. The molecule has 7 heteroatoms. The van der Waals surface area contributed by atoms with Gasteiger partial charge in [0.15, 0.2) is 0 Å². The van der Waals surface area contributed by atoms with E-state index in [-0.39, 0.29) is 17.8 Å². The molecule has 0 saturated heterocycles. The highest BCUT2D eigenvalue weighted by atomic mass is 79.9. The fraction of sp³-hybridized carbons (Fsp3) is 1.00. The maximum absolute atomic E-state index is 10.9. The molecule has 5 nitrogen and oxygen atoms in total. The molecule has 0 bridgehead atoms. The summed E-state index contributed by atoms with van der Waals surface area (Å²) in [6.07, 6.45) is -0.275. The van der Waals surface area contributed by atoms with Gasteiger partial charge in [-0.3, -0.25) is 0 Å². The van der Waals surface area contributed by atoms with E-state index in [0.29, 0.717) is 6.42 Å². The van der Waals surface area contributed by atoms with E-state index in [0.717, 1.165) is 0 Å². The van der Waals surface area contributed by atoms with Crippen LogP contribution in [0.15, 0.2) is 0 Å². The predicted molar refractivity (Wildman–Crippen MR) is 53.2 cm³/mol. The molecule has 0 aromatic heterocycles. The van der Waals surface area contributed by atoms with E-state index >= 15 is 0 Å². The van der Waals surface area contributed by atoms with Gasteiger partial charge in [0.2, 0.25) is 10.0 Å². The highest BCUT2D eigenvalue weighted by molar-refractivity contribution is 9.10. The molecular weight excluding hydrogens is 262 g/mol. The molecule has 0 aliphatic carbocycles. The lowest BCUT2D eigenvalue weighted by molar-refractivity contribution is 0.0603. The van der Waals surface area contributed by atoms with Crippen molar-refractivity contribution in [2.45, 2.75) is 12.5 Å². The van der Waals surface area contributed by atoms with Crippen LogP contribution in [-0.4, -0.2) is 44.6 Å². The Morgan fingerprint density at radius 1 is 1.62 bits per heavy atom. The molecule has 0 amide bonds. The molecule has 1 atom stereocenters. The minimum atomic E-state index is -3.22. The molecule has 0 rings (SSSR count).